The second kappa shape index (κ2) is 6.32. The molecular weight excluding hydrogens is 184 g/mol. The van der Waals surface area contributed by atoms with Gasteiger partial charge in [-0.1, -0.05) is 13.5 Å². The van der Waals surface area contributed by atoms with Gasteiger partial charge in [0.2, 0.25) is 6.29 Å². The SMILES string of the molecule is C=C(C)C(=O)OC(C)OCC(=O)CC. The highest BCUT2D eigenvalue weighted by molar-refractivity contribution is 5.87. The highest BCUT2D eigenvalue weighted by Gasteiger charge is 2.11. The van der Waals surface area contributed by atoms with E-state index in [1.807, 2.05) is 0 Å². The summed E-state index contributed by atoms with van der Waals surface area (Å²) in [7, 11) is 0. The topological polar surface area (TPSA) is 52.6 Å². The van der Waals surface area contributed by atoms with Gasteiger partial charge in [-0.15, -0.1) is 0 Å². The Morgan fingerprint density at radius 1 is 1.43 bits per heavy atom. The van der Waals surface area contributed by atoms with E-state index >= 15 is 0 Å². The Labute approximate surface area is 83.9 Å². The van der Waals surface area contributed by atoms with Crippen LogP contribution in [0.5, 0.6) is 0 Å². The average molecular weight is 200 g/mol. The first kappa shape index (κ1) is 12.8. The van der Waals surface area contributed by atoms with Crippen molar-refractivity contribution in [2.24, 2.45) is 0 Å². The fourth-order valence-electron chi connectivity index (χ4n) is 0.598. The molecule has 0 saturated heterocycles. The number of rotatable bonds is 6. The molecule has 0 heterocycles. The van der Waals surface area contributed by atoms with Gasteiger partial charge in [-0.25, -0.2) is 4.79 Å². The van der Waals surface area contributed by atoms with Crippen molar-refractivity contribution in [1.29, 1.82) is 0 Å². The molecule has 4 nitrogen and oxygen atoms in total. The summed E-state index contributed by atoms with van der Waals surface area (Å²) in [6.45, 7) is 8.25. The summed E-state index contributed by atoms with van der Waals surface area (Å²) in [5.41, 5.74) is 0.308. The van der Waals surface area contributed by atoms with Crippen LogP contribution in [-0.2, 0) is 19.1 Å². The molecule has 0 aliphatic rings. The fourth-order valence-corrected chi connectivity index (χ4v) is 0.598. The third kappa shape index (κ3) is 5.48. The maximum Gasteiger partial charge on any atom is 0.335 e. The van der Waals surface area contributed by atoms with E-state index in [-0.39, 0.29) is 12.4 Å². The standard InChI is InChI=1S/C10H16O4/c1-5-9(11)6-13-8(4)14-10(12)7(2)3/h8H,2,5-6H2,1,3-4H3. The largest absolute Gasteiger partial charge is 0.433 e. The highest BCUT2D eigenvalue weighted by Crippen LogP contribution is 2.00. The molecule has 1 atom stereocenters. The van der Waals surface area contributed by atoms with Crippen molar-refractivity contribution >= 4 is 11.8 Å². The number of hydrogen-bond acceptors (Lipinski definition) is 4. The molecule has 0 N–H and O–H groups in total. The van der Waals surface area contributed by atoms with Crippen LogP contribution in [0.4, 0.5) is 0 Å². The number of ketones is 1. The van der Waals surface area contributed by atoms with E-state index in [2.05, 4.69) is 6.58 Å². The fraction of sp³-hybridized carbons (Fsp3) is 0.600. The second-order valence-electron chi connectivity index (χ2n) is 2.96. The highest BCUT2D eigenvalue weighted by atomic mass is 16.7. The van der Waals surface area contributed by atoms with Gasteiger partial charge in [-0.3, -0.25) is 4.79 Å². The molecule has 0 amide bonds. The molecule has 0 aromatic rings. The van der Waals surface area contributed by atoms with E-state index in [9.17, 15) is 9.59 Å². The molecule has 0 fully saturated rings. The lowest BCUT2D eigenvalue weighted by atomic mass is 10.3. The molecule has 0 saturated carbocycles. The van der Waals surface area contributed by atoms with E-state index in [0.717, 1.165) is 0 Å². The zero-order valence-electron chi connectivity index (χ0n) is 8.83. The Hall–Kier alpha value is -1.16. The minimum atomic E-state index is -0.713. The number of ether oxygens (including phenoxy) is 2. The summed E-state index contributed by atoms with van der Waals surface area (Å²) in [5.74, 6) is -0.537. The second-order valence-corrected chi connectivity index (χ2v) is 2.96. The molecule has 0 rings (SSSR count). The number of carbonyl (C=O) groups excluding carboxylic acids is 2. The molecular formula is C10H16O4. The molecule has 0 bridgehead atoms. The molecule has 0 aliphatic heterocycles. The normalized spacial score (nSPS) is 11.9. The lowest BCUT2D eigenvalue weighted by Gasteiger charge is -2.13. The lowest BCUT2D eigenvalue weighted by molar-refractivity contribution is -0.172. The summed E-state index contributed by atoms with van der Waals surface area (Å²) in [6, 6.07) is 0. The quantitative estimate of drug-likeness (QED) is 0.370. The Morgan fingerprint density at radius 2 is 2.00 bits per heavy atom. The summed E-state index contributed by atoms with van der Waals surface area (Å²) >= 11 is 0. The van der Waals surface area contributed by atoms with Gasteiger partial charge in [0.05, 0.1) is 0 Å². The number of Topliss-reactive ketones (excluding diaryl/α,β-unsaturated/α-hetero) is 1. The Balaban J connectivity index is 3.76. The zero-order chi connectivity index (χ0) is 11.1. The van der Waals surface area contributed by atoms with Gasteiger partial charge < -0.3 is 9.47 Å². The third-order valence-electron chi connectivity index (χ3n) is 1.49. The first-order valence-corrected chi connectivity index (χ1v) is 4.47. The molecule has 14 heavy (non-hydrogen) atoms. The van der Waals surface area contributed by atoms with Gasteiger partial charge in [-0.05, 0) is 13.8 Å². The minimum Gasteiger partial charge on any atom is -0.433 e. The minimum absolute atomic E-state index is 0.0248. The van der Waals surface area contributed by atoms with Crippen molar-refractivity contribution < 1.29 is 19.1 Å². The van der Waals surface area contributed by atoms with E-state index in [1.54, 1.807) is 20.8 Å². The van der Waals surface area contributed by atoms with Crippen LogP contribution in [0.2, 0.25) is 0 Å². The molecule has 0 aromatic heterocycles. The first-order chi connectivity index (χ1) is 6.47. The molecule has 0 spiro atoms. The van der Waals surface area contributed by atoms with Gasteiger partial charge >= 0.3 is 5.97 Å². The van der Waals surface area contributed by atoms with Crippen LogP contribution in [0.1, 0.15) is 27.2 Å². The van der Waals surface area contributed by atoms with Crippen LogP contribution < -0.4 is 0 Å². The average Bonchev–Trinajstić information content (AvgIpc) is 2.13. The molecule has 4 heteroatoms. The van der Waals surface area contributed by atoms with Crippen LogP contribution in [0.3, 0.4) is 0 Å². The summed E-state index contributed by atoms with van der Waals surface area (Å²) in [6.07, 6.45) is -0.295. The third-order valence-corrected chi connectivity index (χ3v) is 1.49. The van der Waals surface area contributed by atoms with E-state index < -0.39 is 12.3 Å². The summed E-state index contributed by atoms with van der Waals surface area (Å²) < 4.78 is 9.78. The van der Waals surface area contributed by atoms with Crippen LogP contribution in [0, 0.1) is 0 Å². The van der Waals surface area contributed by atoms with Gasteiger partial charge in [0.1, 0.15) is 6.61 Å². The van der Waals surface area contributed by atoms with Crippen LogP contribution in [0.15, 0.2) is 12.2 Å². The van der Waals surface area contributed by atoms with Crippen LogP contribution >= 0.6 is 0 Å². The monoisotopic (exact) mass is 200 g/mol. The van der Waals surface area contributed by atoms with Crippen molar-refractivity contribution in [3.63, 3.8) is 0 Å². The predicted molar refractivity (Wildman–Crippen MR) is 51.6 cm³/mol. The van der Waals surface area contributed by atoms with Crippen molar-refractivity contribution in [1.82, 2.24) is 0 Å². The maximum atomic E-state index is 11.0. The van der Waals surface area contributed by atoms with Crippen LogP contribution in [-0.4, -0.2) is 24.6 Å². The summed E-state index contributed by atoms with van der Waals surface area (Å²) in [4.78, 5) is 21.8. The van der Waals surface area contributed by atoms with Gasteiger partial charge in [0.15, 0.2) is 5.78 Å². The predicted octanol–water partition coefficient (Wildman–Crippen LogP) is 1.45. The van der Waals surface area contributed by atoms with E-state index in [0.29, 0.717) is 12.0 Å². The Bertz CT molecular complexity index is 232. The molecule has 0 aliphatic carbocycles. The smallest absolute Gasteiger partial charge is 0.335 e. The number of carbonyl (C=O) groups is 2. The summed E-state index contributed by atoms with van der Waals surface area (Å²) in [5, 5.41) is 0. The first-order valence-electron chi connectivity index (χ1n) is 4.47. The van der Waals surface area contributed by atoms with Gasteiger partial charge in [0, 0.05) is 12.0 Å². The van der Waals surface area contributed by atoms with Crippen LogP contribution in [0.25, 0.3) is 0 Å². The van der Waals surface area contributed by atoms with E-state index in [1.165, 1.54) is 0 Å². The Morgan fingerprint density at radius 3 is 2.43 bits per heavy atom. The van der Waals surface area contributed by atoms with Gasteiger partial charge in [0.25, 0.3) is 0 Å². The number of esters is 1. The maximum absolute atomic E-state index is 11.0. The van der Waals surface area contributed by atoms with Crippen molar-refractivity contribution in [3.05, 3.63) is 12.2 Å². The Kier molecular flexibility index (Phi) is 5.79. The molecule has 0 radical (unpaired) electrons. The number of hydrogen-bond donors (Lipinski definition) is 0. The van der Waals surface area contributed by atoms with Gasteiger partial charge in [-0.2, -0.15) is 0 Å². The van der Waals surface area contributed by atoms with Crippen molar-refractivity contribution in [2.45, 2.75) is 33.5 Å². The molecule has 1 unspecified atom stereocenters. The van der Waals surface area contributed by atoms with E-state index in [4.69, 9.17) is 9.47 Å². The molecule has 0 aromatic carbocycles. The zero-order valence-corrected chi connectivity index (χ0v) is 8.83. The molecule has 80 valence electrons. The van der Waals surface area contributed by atoms with Crippen molar-refractivity contribution in [3.8, 4) is 0 Å². The van der Waals surface area contributed by atoms with Crippen molar-refractivity contribution in [2.75, 3.05) is 6.61 Å². The lowest BCUT2D eigenvalue weighted by Crippen LogP contribution is -2.21.